The summed E-state index contributed by atoms with van der Waals surface area (Å²) >= 11 is 11.0. The van der Waals surface area contributed by atoms with E-state index in [0.29, 0.717) is 10.6 Å². The molecule has 0 aliphatic heterocycles. The first kappa shape index (κ1) is 13.4. The van der Waals surface area contributed by atoms with Crippen molar-refractivity contribution in [3.8, 4) is 0 Å². The van der Waals surface area contributed by atoms with E-state index in [1.54, 1.807) is 24.4 Å². The predicted octanol–water partition coefficient (Wildman–Crippen LogP) is 3.93. The highest BCUT2D eigenvalue weighted by molar-refractivity contribution is 9.10. The maximum atomic E-state index is 7.37. The number of nitrogens with zero attached hydrogens (tertiary/aromatic N) is 1. The van der Waals surface area contributed by atoms with Gasteiger partial charge in [0.2, 0.25) is 0 Å². The second kappa shape index (κ2) is 5.73. The Morgan fingerprint density at radius 2 is 2.17 bits per heavy atom. The molecule has 1 aromatic heterocycles. The summed E-state index contributed by atoms with van der Waals surface area (Å²) in [6.07, 6.45) is 1.70. The van der Waals surface area contributed by atoms with Crippen LogP contribution in [0.2, 0.25) is 5.02 Å². The molecule has 0 saturated carbocycles. The van der Waals surface area contributed by atoms with Crippen molar-refractivity contribution in [2.45, 2.75) is 9.92 Å². The van der Waals surface area contributed by atoms with Crippen molar-refractivity contribution >= 4 is 45.1 Å². The SMILES string of the molecule is N=C(N)c1ccc(Sc2ncccc2Cl)c(Br)c1. The van der Waals surface area contributed by atoms with Crippen molar-refractivity contribution in [2.75, 3.05) is 0 Å². The molecule has 3 nitrogen and oxygen atoms in total. The molecule has 6 heteroatoms. The lowest BCUT2D eigenvalue weighted by atomic mass is 10.2. The van der Waals surface area contributed by atoms with Crippen LogP contribution in [0.5, 0.6) is 0 Å². The Hall–Kier alpha value is -1.04. The third-order valence-electron chi connectivity index (χ3n) is 2.17. The number of amidine groups is 1. The summed E-state index contributed by atoms with van der Waals surface area (Å²) in [5.74, 6) is 0.0446. The van der Waals surface area contributed by atoms with E-state index in [1.165, 1.54) is 11.8 Å². The van der Waals surface area contributed by atoms with E-state index in [2.05, 4.69) is 20.9 Å². The molecule has 0 unspecified atom stereocenters. The molecule has 0 atom stereocenters. The highest BCUT2D eigenvalue weighted by Crippen LogP contribution is 2.35. The van der Waals surface area contributed by atoms with Gasteiger partial charge in [-0.05, 0) is 40.2 Å². The van der Waals surface area contributed by atoms with Crippen molar-refractivity contribution in [3.05, 3.63) is 51.6 Å². The van der Waals surface area contributed by atoms with Gasteiger partial charge in [0, 0.05) is 21.1 Å². The van der Waals surface area contributed by atoms with Crippen LogP contribution in [0.1, 0.15) is 5.56 Å². The number of aromatic nitrogens is 1. The fourth-order valence-corrected chi connectivity index (χ4v) is 2.94. The lowest BCUT2D eigenvalue weighted by Crippen LogP contribution is -2.10. The molecule has 0 bridgehead atoms. The van der Waals surface area contributed by atoms with Gasteiger partial charge in [0.05, 0.1) is 5.02 Å². The van der Waals surface area contributed by atoms with Gasteiger partial charge >= 0.3 is 0 Å². The number of nitrogens with one attached hydrogen (secondary N) is 1. The second-order valence-electron chi connectivity index (χ2n) is 3.45. The van der Waals surface area contributed by atoms with Gasteiger partial charge < -0.3 is 5.73 Å². The molecule has 1 aromatic carbocycles. The molecule has 3 N–H and O–H groups in total. The Kier molecular flexibility index (Phi) is 4.27. The maximum Gasteiger partial charge on any atom is 0.122 e. The number of hydrogen-bond acceptors (Lipinski definition) is 3. The highest BCUT2D eigenvalue weighted by atomic mass is 79.9. The predicted molar refractivity (Wildman–Crippen MR) is 78.5 cm³/mol. The van der Waals surface area contributed by atoms with E-state index in [9.17, 15) is 0 Å². The van der Waals surface area contributed by atoms with Crippen molar-refractivity contribution in [1.82, 2.24) is 4.98 Å². The molecule has 0 aliphatic carbocycles. The summed E-state index contributed by atoms with van der Waals surface area (Å²) < 4.78 is 0.863. The normalized spacial score (nSPS) is 10.3. The Balaban J connectivity index is 2.30. The fourth-order valence-electron chi connectivity index (χ4n) is 1.30. The Labute approximate surface area is 122 Å². The standard InChI is InChI=1S/C12H9BrClN3S/c13-8-6-7(11(15)16)3-4-10(8)18-12-9(14)2-1-5-17-12/h1-6H,(H3,15,16). The molecule has 0 amide bonds. The quantitative estimate of drug-likeness (QED) is 0.656. The van der Waals surface area contributed by atoms with Gasteiger partial charge in [-0.3, -0.25) is 5.41 Å². The number of benzene rings is 1. The van der Waals surface area contributed by atoms with Crippen LogP contribution in [-0.4, -0.2) is 10.8 Å². The summed E-state index contributed by atoms with van der Waals surface area (Å²) in [7, 11) is 0. The summed E-state index contributed by atoms with van der Waals surface area (Å²) in [5, 5.41) is 8.74. The number of nitrogens with two attached hydrogens (primary N) is 1. The third-order valence-corrected chi connectivity index (χ3v) is 4.60. The summed E-state index contributed by atoms with van der Waals surface area (Å²) in [6, 6.07) is 9.08. The van der Waals surface area contributed by atoms with Crippen LogP contribution in [-0.2, 0) is 0 Å². The third kappa shape index (κ3) is 3.04. The fraction of sp³-hybridized carbons (Fsp3) is 0. The summed E-state index contributed by atoms with van der Waals surface area (Å²) in [4.78, 5) is 5.19. The average Bonchev–Trinajstić information content (AvgIpc) is 2.34. The smallest absolute Gasteiger partial charge is 0.122 e. The number of pyridine rings is 1. The molecule has 2 aromatic rings. The van der Waals surface area contributed by atoms with Crippen LogP contribution in [0.15, 0.2) is 50.9 Å². The van der Waals surface area contributed by atoms with Crippen LogP contribution in [0.25, 0.3) is 0 Å². The molecular weight excluding hydrogens is 334 g/mol. The minimum Gasteiger partial charge on any atom is -0.384 e. The van der Waals surface area contributed by atoms with Gasteiger partial charge in [-0.1, -0.05) is 29.4 Å². The molecule has 0 radical (unpaired) electrons. The highest BCUT2D eigenvalue weighted by Gasteiger charge is 2.08. The minimum absolute atomic E-state index is 0.0446. The second-order valence-corrected chi connectivity index (χ2v) is 5.74. The van der Waals surface area contributed by atoms with Gasteiger partial charge in [0.1, 0.15) is 10.9 Å². The van der Waals surface area contributed by atoms with Crippen molar-refractivity contribution in [1.29, 1.82) is 5.41 Å². The van der Waals surface area contributed by atoms with Gasteiger partial charge in [0.15, 0.2) is 0 Å². The molecular formula is C12H9BrClN3S. The number of hydrogen-bond donors (Lipinski definition) is 2. The molecule has 1 heterocycles. The largest absolute Gasteiger partial charge is 0.384 e. The molecule has 0 spiro atoms. The number of rotatable bonds is 3. The van der Waals surface area contributed by atoms with Crippen molar-refractivity contribution < 1.29 is 0 Å². The average molecular weight is 343 g/mol. The van der Waals surface area contributed by atoms with Crippen LogP contribution in [0, 0.1) is 5.41 Å². The summed E-state index contributed by atoms with van der Waals surface area (Å²) in [6.45, 7) is 0. The lowest BCUT2D eigenvalue weighted by Gasteiger charge is -2.06. The van der Waals surface area contributed by atoms with E-state index in [1.807, 2.05) is 12.1 Å². The Bertz CT molecular complexity index is 604. The maximum absolute atomic E-state index is 7.37. The first-order chi connectivity index (χ1) is 8.58. The topological polar surface area (TPSA) is 62.8 Å². The van der Waals surface area contributed by atoms with E-state index in [4.69, 9.17) is 22.7 Å². The Morgan fingerprint density at radius 3 is 2.78 bits per heavy atom. The molecule has 92 valence electrons. The monoisotopic (exact) mass is 341 g/mol. The minimum atomic E-state index is 0.0446. The molecule has 0 saturated heterocycles. The van der Waals surface area contributed by atoms with E-state index in [0.717, 1.165) is 14.4 Å². The Morgan fingerprint density at radius 1 is 1.39 bits per heavy atom. The van der Waals surface area contributed by atoms with Gasteiger partial charge in [-0.25, -0.2) is 4.98 Å². The summed E-state index contributed by atoms with van der Waals surface area (Å²) in [5.41, 5.74) is 6.11. The van der Waals surface area contributed by atoms with Gasteiger partial charge in [0.25, 0.3) is 0 Å². The van der Waals surface area contributed by atoms with E-state index < -0.39 is 0 Å². The van der Waals surface area contributed by atoms with Crippen LogP contribution in [0.3, 0.4) is 0 Å². The zero-order chi connectivity index (χ0) is 13.1. The van der Waals surface area contributed by atoms with E-state index in [-0.39, 0.29) is 5.84 Å². The van der Waals surface area contributed by atoms with Crippen molar-refractivity contribution in [2.24, 2.45) is 5.73 Å². The van der Waals surface area contributed by atoms with Gasteiger partial charge in [-0.15, -0.1) is 0 Å². The van der Waals surface area contributed by atoms with Gasteiger partial charge in [-0.2, -0.15) is 0 Å². The molecule has 18 heavy (non-hydrogen) atoms. The lowest BCUT2D eigenvalue weighted by molar-refractivity contribution is 1.13. The molecule has 2 rings (SSSR count). The zero-order valence-electron chi connectivity index (χ0n) is 9.15. The number of nitrogen functional groups attached to an aromatic ring is 1. The first-order valence-corrected chi connectivity index (χ1v) is 6.99. The van der Waals surface area contributed by atoms with Crippen LogP contribution in [0.4, 0.5) is 0 Å². The molecule has 0 aliphatic rings. The van der Waals surface area contributed by atoms with Crippen LogP contribution >= 0.6 is 39.3 Å². The van der Waals surface area contributed by atoms with Crippen molar-refractivity contribution in [3.63, 3.8) is 0 Å². The zero-order valence-corrected chi connectivity index (χ0v) is 12.3. The first-order valence-electron chi connectivity index (χ1n) is 5.00. The van der Waals surface area contributed by atoms with E-state index >= 15 is 0 Å². The van der Waals surface area contributed by atoms with Crippen LogP contribution < -0.4 is 5.73 Å². The molecule has 0 fully saturated rings. The number of halogens is 2.